The van der Waals surface area contributed by atoms with E-state index in [1.165, 1.54) is 19.2 Å². The van der Waals surface area contributed by atoms with E-state index in [0.29, 0.717) is 12.3 Å². The van der Waals surface area contributed by atoms with E-state index in [-0.39, 0.29) is 11.3 Å². The van der Waals surface area contributed by atoms with Gasteiger partial charge in [0.15, 0.2) is 0 Å². The van der Waals surface area contributed by atoms with E-state index in [1.54, 1.807) is 6.07 Å². The molecule has 0 spiro atoms. The number of benzene rings is 1. The van der Waals surface area contributed by atoms with E-state index in [2.05, 4.69) is 15.5 Å². The Hall–Kier alpha value is -2.28. The number of carbonyl (C=O) groups is 2. The number of hydrogen-bond donors (Lipinski definition) is 3. The highest BCUT2D eigenvalue weighted by molar-refractivity contribution is 6.00. The Kier molecular flexibility index (Phi) is 6.48. The van der Waals surface area contributed by atoms with Gasteiger partial charge in [-0.15, -0.1) is 0 Å². The summed E-state index contributed by atoms with van der Waals surface area (Å²) in [6.07, 6.45) is 0. The van der Waals surface area contributed by atoms with Crippen molar-refractivity contribution in [2.45, 2.75) is 6.92 Å². The van der Waals surface area contributed by atoms with Crippen LogP contribution < -0.4 is 15.4 Å². The van der Waals surface area contributed by atoms with Crippen LogP contribution in [0.4, 0.5) is 10.5 Å². The van der Waals surface area contributed by atoms with Crippen molar-refractivity contribution < 1.29 is 19.4 Å². The molecule has 0 heterocycles. The fourth-order valence-corrected chi connectivity index (χ4v) is 1.62. The molecule has 0 aliphatic carbocycles. The van der Waals surface area contributed by atoms with Crippen LogP contribution in [0.25, 0.3) is 0 Å². The smallest absolute Gasteiger partial charge is 0.337 e. The number of carbonyl (C=O) groups excluding carboxylic acids is 1. The number of nitrogens with one attached hydrogen (secondary N) is 2. The molecule has 0 fully saturated rings. The molecule has 0 atom stereocenters. The molecule has 0 unspecified atom stereocenters. The largest absolute Gasteiger partial charge is 0.497 e. The molecule has 7 nitrogen and oxygen atoms in total. The number of urea groups is 1. The summed E-state index contributed by atoms with van der Waals surface area (Å²) in [6, 6.07) is 4.02. The number of ether oxygens (including phenoxy) is 1. The number of anilines is 1. The molecule has 0 aliphatic heterocycles. The minimum atomic E-state index is -1.13. The Balaban J connectivity index is 2.65. The molecular formula is C14H21N3O4. The zero-order valence-corrected chi connectivity index (χ0v) is 12.5. The molecule has 2 amide bonds. The summed E-state index contributed by atoms with van der Waals surface area (Å²) >= 11 is 0. The minimum Gasteiger partial charge on any atom is -0.497 e. The molecule has 0 bridgehead atoms. The first-order valence-corrected chi connectivity index (χ1v) is 6.62. The number of carboxylic acids is 1. The first-order chi connectivity index (χ1) is 9.97. The maximum absolute atomic E-state index is 11.7. The molecule has 0 aromatic heterocycles. The average molecular weight is 295 g/mol. The minimum absolute atomic E-state index is 0.0184. The lowest BCUT2D eigenvalue weighted by molar-refractivity contribution is 0.0697. The summed E-state index contributed by atoms with van der Waals surface area (Å²) < 4.78 is 4.97. The summed E-state index contributed by atoms with van der Waals surface area (Å²) in [5.74, 6) is -0.710. The number of hydrogen-bond acceptors (Lipinski definition) is 4. The van der Waals surface area contributed by atoms with E-state index in [4.69, 9.17) is 9.84 Å². The van der Waals surface area contributed by atoms with Crippen LogP contribution in [0.1, 0.15) is 17.3 Å². The average Bonchev–Trinajstić information content (AvgIpc) is 2.47. The maximum atomic E-state index is 11.7. The molecule has 1 aromatic rings. The molecule has 0 saturated carbocycles. The number of rotatable bonds is 7. The zero-order valence-electron chi connectivity index (χ0n) is 12.5. The lowest BCUT2D eigenvalue weighted by atomic mass is 10.1. The molecule has 0 saturated heterocycles. The van der Waals surface area contributed by atoms with Crippen LogP contribution in [0.5, 0.6) is 5.75 Å². The van der Waals surface area contributed by atoms with Gasteiger partial charge in [0.1, 0.15) is 5.75 Å². The third kappa shape index (κ3) is 5.31. The quantitative estimate of drug-likeness (QED) is 0.708. The van der Waals surface area contributed by atoms with Crippen molar-refractivity contribution in [1.82, 2.24) is 10.2 Å². The molecule has 21 heavy (non-hydrogen) atoms. The standard InChI is InChI=1S/C14H21N3O4/c1-4-17(2)8-7-15-14(20)16-12-6-5-10(21-3)9-11(12)13(18)19/h5-6,9H,4,7-8H2,1-3H3,(H,18,19)(H2,15,16,20). The van der Waals surface area contributed by atoms with Gasteiger partial charge in [0.05, 0.1) is 18.4 Å². The Morgan fingerprint density at radius 3 is 2.67 bits per heavy atom. The number of methoxy groups -OCH3 is 1. The van der Waals surface area contributed by atoms with Crippen molar-refractivity contribution >= 4 is 17.7 Å². The Morgan fingerprint density at radius 2 is 2.10 bits per heavy atom. The summed E-state index contributed by atoms with van der Waals surface area (Å²) in [4.78, 5) is 25.0. The van der Waals surface area contributed by atoms with Gasteiger partial charge in [-0.05, 0) is 31.8 Å². The number of likely N-dealkylation sites (N-methyl/N-ethyl adjacent to an activating group) is 1. The third-order valence-corrected chi connectivity index (χ3v) is 3.02. The molecule has 116 valence electrons. The van der Waals surface area contributed by atoms with Gasteiger partial charge in [-0.3, -0.25) is 0 Å². The number of nitrogens with zero attached hydrogens (tertiary/aromatic N) is 1. The van der Waals surface area contributed by atoms with Gasteiger partial charge in [-0.25, -0.2) is 9.59 Å². The predicted molar refractivity (Wildman–Crippen MR) is 80.1 cm³/mol. The molecule has 1 rings (SSSR count). The van der Waals surface area contributed by atoms with E-state index < -0.39 is 12.0 Å². The Morgan fingerprint density at radius 1 is 1.38 bits per heavy atom. The van der Waals surface area contributed by atoms with Crippen molar-refractivity contribution in [3.8, 4) is 5.75 Å². The topological polar surface area (TPSA) is 90.9 Å². The fourth-order valence-electron chi connectivity index (χ4n) is 1.62. The van der Waals surface area contributed by atoms with Crippen molar-refractivity contribution in [1.29, 1.82) is 0 Å². The van der Waals surface area contributed by atoms with Crippen molar-refractivity contribution in [2.24, 2.45) is 0 Å². The van der Waals surface area contributed by atoms with Crippen LogP contribution in [0.3, 0.4) is 0 Å². The number of aromatic carboxylic acids is 1. The van der Waals surface area contributed by atoms with Crippen LogP contribution in [0, 0.1) is 0 Å². The van der Waals surface area contributed by atoms with Gasteiger partial charge < -0.3 is 25.4 Å². The van der Waals surface area contributed by atoms with Crippen LogP contribution in [-0.2, 0) is 0 Å². The highest BCUT2D eigenvalue weighted by Gasteiger charge is 2.13. The first-order valence-electron chi connectivity index (χ1n) is 6.62. The lowest BCUT2D eigenvalue weighted by Gasteiger charge is -2.15. The molecule has 1 aromatic carbocycles. The Labute approximate surface area is 123 Å². The second kappa shape index (κ2) is 8.11. The third-order valence-electron chi connectivity index (χ3n) is 3.02. The molecule has 3 N–H and O–H groups in total. The van der Waals surface area contributed by atoms with E-state index in [0.717, 1.165) is 13.1 Å². The van der Waals surface area contributed by atoms with E-state index in [1.807, 2.05) is 14.0 Å². The maximum Gasteiger partial charge on any atom is 0.337 e. The second-order valence-corrected chi connectivity index (χ2v) is 4.49. The van der Waals surface area contributed by atoms with Crippen LogP contribution in [0.15, 0.2) is 18.2 Å². The van der Waals surface area contributed by atoms with Gasteiger partial charge in [-0.1, -0.05) is 6.92 Å². The first kappa shape index (κ1) is 16.8. The summed E-state index contributed by atoms with van der Waals surface area (Å²) in [6.45, 7) is 4.12. The predicted octanol–water partition coefficient (Wildman–Crippen LogP) is 1.47. The fraction of sp³-hybridized carbons (Fsp3) is 0.429. The summed E-state index contributed by atoms with van der Waals surface area (Å²) in [7, 11) is 3.40. The SMILES string of the molecule is CCN(C)CCNC(=O)Nc1ccc(OC)cc1C(=O)O. The second-order valence-electron chi connectivity index (χ2n) is 4.49. The summed E-state index contributed by atoms with van der Waals surface area (Å²) in [5, 5.41) is 14.4. The normalized spacial score (nSPS) is 10.3. The van der Waals surface area contributed by atoms with Gasteiger partial charge >= 0.3 is 12.0 Å². The molecular weight excluding hydrogens is 274 g/mol. The van der Waals surface area contributed by atoms with Crippen molar-refractivity contribution in [3.63, 3.8) is 0 Å². The Bertz CT molecular complexity index is 505. The van der Waals surface area contributed by atoms with E-state index >= 15 is 0 Å². The van der Waals surface area contributed by atoms with E-state index in [9.17, 15) is 9.59 Å². The van der Waals surface area contributed by atoms with Crippen LogP contribution in [0.2, 0.25) is 0 Å². The van der Waals surface area contributed by atoms with Crippen LogP contribution >= 0.6 is 0 Å². The highest BCUT2D eigenvalue weighted by atomic mass is 16.5. The van der Waals surface area contributed by atoms with Crippen molar-refractivity contribution in [3.05, 3.63) is 23.8 Å². The zero-order chi connectivity index (χ0) is 15.8. The van der Waals surface area contributed by atoms with Gasteiger partial charge in [0.2, 0.25) is 0 Å². The summed E-state index contributed by atoms with van der Waals surface area (Å²) in [5.41, 5.74) is 0.208. The number of amides is 2. The van der Waals surface area contributed by atoms with Crippen LogP contribution in [-0.4, -0.2) is 55.8 Å². The van der Waals surface area contributed by atoms with Crippen molar-refractivity contribution in [2.75, 3.05) is 39.1 Å². The number of carboxylic acid groups (broad SMARTS) is 1. The van der Waals surface area contributed by atoms with Gasteiger partial charge in [0.25, 0.3) is 0 Å². The van der Waals surface area contributed by atoms with Gasteiger partial charge in [0, 0.05) is 13.1 Å². The lowest BCUT2D eigenvalue weighted by Crippen LogP contribution is -2.35. The molecule has 7 heteroatoms. The monoisotopic (exact) mass is 295 g/mol. The molecule has 0 radical (unpaired) electrons. The van der Waals surface area contributed by atoms with Gasteiger partial charge in [-0.2, -0.15) is 0 Å². The highest BCUT2D eigenvalue weighted by Crippen LogP contribution is 2.21. The molecule has 0 aliphatic rings.